The van der Waals surface area contributed by atoms with Gasteiger partial charge in [0.05, 0.1) is 49.8 Å². The van der Waals surface area contributed by atoms with Crippen molar-refractivity contribution in [3.8, 4) is 0 Å². The highest BCUT2D eigenvalue weighted by atomic mass is 16.6. The second-order valence-corrected chi connectivity index (χ2v) is 6.33. The van der Waals surface area contributed by atoms with E-state index in [1.54, 1.807) is 0 Å². The maximum absolute atomic E-state index is 10.3. The Morgan fingerprint density at radius 2 is 1.70 bits per heavy atom. The van der Waals surface area contributed by atoms with E-state index >= 15 is 0 Å². The molecule has 5 unspecified atom stereocenters. The van der Waals surface area contributed by atoms with E-state index < -0.39 is 11.6 Å². The largest absolute Gasteiger partial charge is 0.385 e. The molecule has 0 bridgehead atoms. The fourth-order valence-corrected chi connectivity index (χ4v) is 3.12. The first-order valence-corrected chi connectivity index (χ1v) is 7.37. The minimum Gasteiger partial charge on any atom is -0.385 e. The standard InChI is InChI=1S/C15H21NO4/c16-15(5-11-8-20-11)2-1-14(17)12(3-9-6-18-9)13(15)4-10-7-19-10/h1-2,9-11,14,17H,3-8,16H2. The van der Waals surface area contributed by atoms with Crippen LogP contribution in [0.4, 0.5) is 0 Å². The molecular formula is C15H21NO4. The van der Waals surface area contributed by atoms with Crippen LogP contribution in [0.5, 0.6) is 0 Å². The Bertz CT molecular complexity index is 462. The molecule has 0 aromatic rings. The summed E-state index contributed by atoms with van der Waals surface area (Å²) < 4.78 is 16.0. The quantitative estimate of drug-likeness (QED) is 0.539. The van der Waals surface area contributed by atoms with Crippen LogP contribution in [0, 0.1) is 0 Å². The highest BCUT2D eigenvalue weighted by Gasteiger charge is 2.43. The second-order valence-electron chi connectivity index (χ2n) is 6.33. The van der Waals surface area contributed by atoms with Crippen molar-refractivity contribution in [1.29, 1.82) is 0 Å². The topological polar surface area (TPSA) is 83.8 Å². The minimum atomic E-state index is -0.537. The van der Waals surface area contributed by atoms with Gasteiger partial charge in [-0.25, -0.2) is 0 Å². The number of epoxide rings is 3. The number of hydrogen-bond donors (Lipinski definition) is 2. The molecule has 4 rings (SSSR count). The first-order valence-electron chi connectivity index (χ1n) is 7.37. The van der Waals surface area contributed by atoms with Crippen LogP contribution in [0.25, 0.3) is 0 Å². The van der Waals surface area contributed by atoms with Crippen molar-refractivity contribution < 1.29 is 19.3 Å². The van der Waals surface area contributed by atoms with Gasteiger partial charge in [-0.05, 0) is 24.0 Å². The van der Waals surface area contributed by atoms with Crippen molar-refractivity contribution in [2.24, 2.45) is 5.73 Å². The monoisotopic (exact) mass is 279 g/mol. The van der Waals surface area contributed by atoms with Gasteiger partial charge in [-0.15, -0.1) is 0 Å². The highest BCUT2D eigenvalue weighted by Crippen LogP contribution is 2.40. The van der Waals surface area contributed by atoms with Gasteiger partial charge in [-0.1, -0.05) is 12.2 Å². The van der Waals surface area contributed by atoms with E-state index in [4.69, 9.17) is 19.9 Å². The third-order valence-electron chi connectivity index (χ3n) is 4.53. The molecule has 0 saturated carbocycles. The summed E-state index contributed by atoms with van der Waals surface area (Å²) in [6.45, 7) is 2.38. The maximum atomic E-state index is 10.3. The van der Waals surface area contributed by atoms with E-state index in [-0.39, 0.29) is 18.3 Å². The molecule has 20 heavy (non-hydrogen) atoms. The highest BCUT2D eigenvalue weighted by molar-refractivity contribution is 5.42. The molecule has 3 N–H and O–H groups in total. The van der Waals surface area contributed by atoms with Crippen LogP contribution >= 0.6 is 0 Å². The van der Waals surface area contributed by atoms with Gasteiger partial charge in [-0.2, -0.15) is 0 Å². The van der Waals surface area contributed by atoms with Crippen LogP contribution in [0.2, 0.25) is 0 Å². The molecule has 0 spiro atoms. The van der Waals surface area contributed by atoms with E-state index in [9.17, 15) is 5.11 Å². The van der Waals surface area contributed by atoms with Crippen LogP contribution in [-0.4, -0.2) is 54.9 Å². The van der Waals surface area contributed by atoms with Crippen molar-refractivity contribution in [3.63, 3.8) is 0 Å². The van der Waals surface area contributed by atoms with Gasteiger partial charge >= 0.3 is 0 Å². The Morgan fingerprint density at radius 1 is 1.10 bits per heavy atom. The summed E-state index contributed by atoms with van der Waals surface area (Å²) in [5, 5.41) is 10.3. The van der Waals surface area contributed by atoms with E-state index in [1.165, 1.54) is 0 Å². The molecule has 0 aromatic carbocycles. The fourth-order valence-electron chi connectivity index (χ4n) is 3.12. The van der Waals surface area contributed by atoms with Gasteiger partial charge in [0.1, 0.15) is 0 Å². The lowest BCUT2D eigenvalue weighted by Crippen LogP contribution is -2.45. The molecule has 110 valence electrons. The van der Waals surface area contributed by atoms with Crippen molar-refractivity contribution in [2.75, 3.05) is 19.8 Å². The lowest BCUT2D eigenvalue weighted by molar-refractivity contribution is 0.238. The van der Waals surface area contributed by atoms with Crippen LogP contribution in [0.1, 0.15) is 19.3 Å². The fraction of sp³-hybridized carbons (Fsp3) is 0.733. The Kier molecular flexibility index (Phi) is 3.01. The third kappa shape index (κ3) is 2.69. The lowest BCUT2D eigenvalue weighted by atomic mass is 9.75. The Labute approximate surface area is 118 Å². The number of aliphatic hydroxyl groups excluding tert-OH is 1. The molecule has 4 aliphatic rings. The smallest absolute Gasteiger partial charge is 0.0937 e. The zero-order chi connectivity index (χ0) is 13.7. The minimum absolute atomic E-state index is 0.252. The SMILES string of the molecule is NC1(CC2CO2)C=CC(O)C(CC2CO2)=C1CC1CO1. The van der Waals surface area contributed by atoms with E-state index in [1.807, 2.05) is 12.2 Å². The number of nitrogens with two attached hydrogens (primary N) is 1. The Morgan fingerprint density at radius 3 is 2.30 bits per heavy atom. The zero-order valence-electron chi connectivity index (χ0n) is 11.5. The first-order chi connectivity index (χ1) is 9.64. The van der Waals surface area contributed by atoms with Gasteiger partial charge in [0.2, 0.25) is 0 Å². The molecule has 3 fully saturated rings. The molecule has 5 heteroatoms. The molecule has 3 aliphatic heterocycles. The molecule has 0 aromatic heterocycles. The van der Waals surface area contributed by atoms with E-state index in [2.05, 4.69) is 0 Å². The summed E-state index contributed by atoms with van der Waals surface area (Å²) in [5.74, 6) is 0. The molecule has 3 saturated heterocycles. The number of aliphatic hydroxyl groups is 1. The molecule has 0 amide bonds. The van der Waals surface area contributed by atoms with Crippen LogP contribution in [0.3, 0.4) is 0 Å². The maximum Gasteiger partial charge on any atom is 0.0937 e. The van der Waals surface area contributed by atoms with E-state index in [0.717, 1.165) is 50.2 Å². The van der Waals surface area contributed by atoms with E-state index in [0.29, 0.717) is 0 Å². The Hall–Kier alpha value is -0.720. The van der Waals surface area contributed by atoms with Gasteiger partial charge < -0.3 is 25.1 Å². The molecular weight excluding hydrogens is 258 g/mol. The van der Waals surface area contributed by atoms with Crippen molar-refractivity contribution in [3.05, 3.63) is 23.3 Å². The van der Waals surface area contributed by atoms with Gasteiger partial charge in [0.25, 0.3) is 0 Å². The second kappa shape index (κ2) is 4.64. The third-order valence-corrected chi connectivity index (χ3v) is 4.53. The van der Waals surface area contributed by atoms with Gasteiger partial charge in [0, 0.05) is 6.42 Å². The zero-order valence-corrected chi connectivity index (χ0v) is 11.5. The first kappa shape index (κ1) is 13.0. The molecule has 1 aliphatic carbocycles. The average Bonchev–Trinajstić information content (AvgIpc) is 3.22. The summed E-state index contributed by atoms with van der Waals surface area (Å²) in [6.07, 6.45) is 6.38. The number of ether oxygens (including phenoxy) is 3. The molecule has 5 atom stereocenters. The molecule has 5 nitrogen and oxygen atoms in total. The van der Waals surface area contributed by atoms with Gasteiger partial charge in [-0.3, -0.25) is 0 Å². The van der Waals surface area contributed by atoms with Crippen molar-refractivity contribution >= 4 is 0 Å². The van der Waals surface area contributed by atoms with Crippen molar-refractivity contribution in [2.45, 2.75) is 49.2 Å². The molecule has 0 radical (unpaired) electrons. The van der Waals surface area contributed by atoms with Crippen molar-refractivity contribution in [1.82, 2.24) is 0 Å². The normalized spacial score (nSPS) is 45.7. The van der Waals surface area contributed by atoms with Crippen LogP contribution in [0.15, 0.2) is 23.3 Å². The Balaban J connectivity index is 1.63. The predicted octanol–water partition coefficient (Wildman–Crippen LogP) is 0.278. The lowest BCUT2D eigenvalue weighted by Gasteiger charge is -2.36. The summed E-state index contributed by atoms with van der Waals surface area (Å²) in [7, 11) is 0. The summed E-state index contributed by atoms with van der Waals surface area (Å²) in [4.78, 5) is 0. The summed E-state index contributed by atoms with van der Waals surface area (Å²) >= 11 is 0. The number of hydrogen-bond acceptors (Lipinski definition) is 5. The van der Waals surface area contributed by atoms with Crippen LogP contribution in [-0.2, 0) is 14.2 Å². The summed E-state index contributed by atoms with van der Waals surface area (Å²) in [6, 6.07) is 0. The summed E-state index contributed by atoms with van der Waals surface area (Å²) in [5.41, 5.74) is 8.31. The predicted molar refractivity (Wildman–Crippen MR) is 72.2 cm³/mol. The molecule has 3 heterocycles. The number of rotatable bonds is 6. The van der Waals surface area contributed by atoms with Gasteiger partial charge in [0.15, 0.2) is 0 Å². The van der Waals surface area contributed by atoms with Crippen LogP contribution < -0.4 is 5.73 Å². The average molecular weight is 279 g/mol.